The van der Waals surface area contributed by atoms with Gasteiger partial charge in [0.2, 0.25) is 0 Å². The van der Waals surface area contributed by atoms with Gasteiger partial charge in [-0.3, -0.25) is 4.90 Å². The fourth-order valence-electron chi connectivity index (χ4n) is 3.38. The van der Waals surface area contributed by atoms with E-state index in [4.69, 9.17) is 9.47 Å². The Morgan fingerprint density at radius 1 is 1.26 bits per heavy atom. The molecule has 0 radical (unpaired) electrons. The molecule has 0 aliphatic carbocycles. The molecule has 0 aromatic heterocycles. The summed E-state index contributed by atoms with van der Waals surface area (Å²) in [5.74, 6) is 0. The van der Waals surface area contributed by atoms with Gasteiger partial charge in [0.25, 0.3) is 0 Å². The molecule has 0 aromatic carbocycles. The predicted molar refractivity (Wildman–Crippen MR) is 90.6 cm³/mol. The van der Waals surface area contributed by atoms with Crippen LogP contribution in [0.4, 0.5) is 4.79 Å². The molecule has 0 unspecified atom stereocenters. The van der Waals surface area contributed by atoms with Crippen LogP contribution in [0, 0.1) is 0 Å². The Morgan fingerprint density at radius 3 is 2.39 bits per heavy atom. The summed E-state index contributed by atoms with van der Waals surface area (Å²) in [6.07, 6.45) is 1.34. The second kappa shape index (κ2) is 6.95. The molecule has 2 amide bonds. The molecule has 23 heavy (non-hydrogen) atoms. The Kier molecular flexibility index (Phi) is 5.59. The number of hydrogen-bond donors (Lipinski definition) is 2. The minimum atomic E-state index is -0.282. The fraction of sp³-hybridized carbons (Fsp3) is 0.941. The van der Waals surface area contributed by atoms with Crippen LogP contribution in [-0.4, -0.2) is 66.6 Å². The van der Waals surface area contributed by atoms with E-state index in [2.05, 4.69) is 43.2 Å². The van der Waals surface area contributed by atoms with Crippen LogP contribution in [0.15, 0.2) is 0 Å². The predicted octanol–water partition coefficient (Wildman–Crippen LogP) is 1.74. The topological polar surface area (TPSA) is 62.8 Å². The molecule has 134 valence electrons. The summed E-state index contributed by atoms with van der Waals surface area (Å²) in [4.78, 5) is 14.7. The van der Waals surface area contributed by atoms with Crippen molar-refractivity contribution in [2.24, 2.45) is 0 Å². The van der Waals surface area contributed by atoms with Crippen molar-refractivity contribution in [1.82, 2.24) is 15.5 Å². The molecular formula is C17H33N3O3. The third kappa shape index (κ3) is 4.58. The average Bonchev–Trinajstić information content (AvgIpc) is 2.75. The Morgan fingerprint density at radius 2 is 1.87 bits per heavy atom. The average molecular weight is 327 g/mol. The number of amides is 2. The summed E-state index contributed by atoms with van der Waals surface area (Å²) < 4.78 is 11.4. The first-order chi connectivity index (χ1) is 10.6. The minimum Gasteiger partial charge on any atom is -0.376 e. The number of hydrogen-bond acceptors (Lipinski definition) is 4. The Bertz CT molecular complexity index is 419. The highest BCUT2D eigenvalue weighted by Gasteiger charge is 2.39. The van der Waals surface area contributed by atoms with Gasteiger partial charge in [-0.2, -0.15) is 0 Å². The van der Waals surface area contributed by atoms with Gasteiger partial charge >= 0.3 is 6.03 Å². The van der Waals surface area contributed by atoms with Crippen molar-refractivity contribution >= 4 is 6.03 Å². The lowest BCUT2D eigenvalue weighted by Crippen LogP contribution is -2.61. The number of carbonyl (C=O) groups is 1. The van der Waals surface area contributed by atoms with Crippen LogP contribution in [-0.2, 0) is 9.47 Å². The number of morpholine rings is 1. The molecule has 2 saturated heterocycles. The van der Waals surface area contributed by atoms with Crippen LogP contribution in [0.2, 0.25) is 0 Å². The van der Waals surface area contributed by atoms with Gasteiger partial charge in [0, 0.05) is 31.8 Å². The van der Waals surface area contributed by atoms with Crippen molar-refractivity contribution in [3.8, 4) is 0 Å². The van der Waals surface area contributed by atoms with E-state index in [0.29, 0.717) is 13.2 Å². The molecule has 2 rings (SSSR count). The van der Waals surface area contributed by atoms with Gasteiger partial charge in [-0.05, 0) is 48.0 Å². The number of nitrogens with one attached hydrogen (secondary N) is 2. The number of nitrogens with zero attached hydrogens (tertiary/aromatic N) is 1. The molecule has 2 heterocycles. The third-order valence-electron chi connectivity index (χ3n) is 5.24. The first kappa shape index (κ1) is 18.5. The number of ether oxygens (including phenoxy) is 2. The summed E-state index contributed by atoms with van der Waals surface area (Å²) in [7, 11) is 0. The lowest BCUT2D eigenvalue weighted by Gasteiger charge is -2.45. The van der Waals surface area contributed by atoms with Gasteiger partial charge in [0.1, 0.15) is 0 Å². The second-order valence-electron chi connectivity index (χ2n) is 7.96. The lowest BCUT2D eigenvalue weighted by atomic mass is 9.95. The molecule has 6 nitrogen and oxygen atoms in total. The molecule has 2 aliphatic rings. The smallest absolute Gasteiger partial charge is 0.315 e. The van der Waals surface area contributed by atoms with Crippen molar-refractivity contribution in [2.75, 3.05) is 26.2 Å². The van der Waals surface area contributed by atoms with Gasteiger partial charge in [0.05, 0.1) is 23.9 Å². The van der Waals surface area contributed by atoms with E-state index in [1.165, 1.54) is 0 Å². The van der Waals surface area contributed by atoms with Crippen LogP contribution in [0.25, 0.3) is 0 Å². The molecule has 2 N–H and O–H groups in total. The highest BCUT2D eigenvalue weighted by Crippen LogP contribution is 2.25. The van der Waals surface area contributed by atoms with Crippen LogP contribution in [0.1, 0.15) is 48.0 Å². The molecular weight excluding hydrogens is 294 g/mol. The van der Waals surface area contributed by atoms with E-state index in [-0.39, 0.29) is 35.4 Å². The van der Waals surface area contributed by atoms with E-state index in [1.54, 1.807) is 0 Å². The van der Waals surface area contributed by atoms with Crippen LogP contribution >= 0.6 is 0 Å². The molecule has 0 aromatic rings. The molecule has 2 aliphatic heterocycles. The van der Waals surface area contributed by atoms with Crippen LogP contribution < -0.4 is 10.6 Å². The normalized spacial score (nSPS) is 36.0. The third-order valence-corrected chi connectivity index (χ3v) is 5.24. The number of carbonyl (C=O) groups excluding carboxylic acids is 1. The van der Waals surface area contributed by atoms with E-state index >= 15 is 0 Å². The first-order valence-electron chi connectivity index (χ1n) is 8.70. The Hall–Kier alpha value is -0.850. The van der Waals surface area contributed by atoms with Crippen molar-refractivity contribution in [3.63, 3.8) is 0 Å². The number of rotatable bonds is 4. The van der Waals surface area contributed by atoms with E-state index < -0.39 is 0 Å². The van der Waals surface area contributed by atoms with E-state index in [9.17, 15) is 4.79 Å². The maximum Gasteiger partial charge on any atom is 0.315 e. The summed E-state index contributed by atoms with van der Waals surface area (Å²) >= 11 is 0. The molecule has 2 fully saturated rings. The zero-order valence-corrected chi connectivity index (χ0v) is 15.4. The first-order valence-corrected chi connectivity index (χ1v) is 8.70. The van der Waals surface area contributed by atoms with E-state index in [0.717, 1.165) is 19.5 Å². The van der Waals surface area contributed by atoms with Crippen molar-refractivity contribution in [1.29, 1.82) is 0 Å². The highest BCUT2D eigenvalue weighted by atomic mass is 16.5. The van der Waals surface area contributed by atoms with Crippen molar-refractivity contribution < 1.29 is 14.3 Å². The molecule has 4 atom stereocenters. The number of urea groups is 1. The molecule has 0 spiro atoms. The molecule has 6 heteroatoms. The van der Waals surface area contributed by atoms with Crippen LogP contribution in [0.5, 0.6) is 0 Å². The minimum absolute atomic E-state index is 0.0437. The summed E-state index contributed by atoms with van der Waals surface area (Å²) in [5, 5.41) is 6.11. The largest absolute Gasteiger partial charge is 0.376 e. The van der Waals surface area contributed by atoms with Crippen molar-refractivity contribution in [3.05, 3.63) is 0 Å². The lowest BCUT2D eigenvalue weighted by molar-refractivity contribution is -0.0948. The Labute approximate surface area is 140 Å². The molecule has 0 saturated carbocycles. The summed E-state index contributed by atoms with van der Waals surface area (Å²) in [5.41, 5.74) is -0.390. The highest BCUT2D eigenvalue weighted by molar-refractivity contribution is 5.75. The monoisotopic (exact) mass is 327 g/mol. The zero-order valence-electron chi connectivity index (χ0n) is 15.4. The summed E-state index contributed by atoms with van der Waals surface area (Å²) in [6, 6.07) is -0.118. The SMILES string of the molecule is C[C@@H]1CN(C(C)(C)CNC(=O)N[C@]2(C)CCO[C@H]2C)C[C@@H](C)O1. The van der Waals surface area contributed by atoms with Gasteiger partial charge in [-0.1, -0.05) is 0 Å². The summed E-state index contributed by atoms with van der Waals surface area (Å²) in [6.45, 7) is 15.7. The van der Waals surface area contributed by atoms with Crippen molar-refractivity contribution in [2.45, 2.75) is 77.4 Å². The van der Waals surface area contributed by atoms with Gasteiger partial charge in [-0.15, -0.1) is 0 Å². The zero-order chi connectivity index (χ0) is 17.3. The second-order valence-corrected chi connectivity index (χ2v) is 7.96. The maximum atomic E-state index is 12.3. The molecule has 0 bridgehead atoms. The standard InChI is InChI=1S/C17H33N3O3/c1-12-9-20(10-13(2)23-12)16(4,5)11-18-15(21)19-17(6)7-8-22-14(17)3/h12-14H,7-11H2,1-6H3,(H2,18,19,21)/t12-,13-,14+,17-/m1/s1. The van der Waals surface area contributed by atoms with Gasteiger partial charge < -0.3 is 20.1 Å². The maximum absolute atomic E-state index is 12.3. The quantitative estimate of drug-likeness (QED) is 0.826. The fourth-order valence-corrected chi connectivity index (χ4v) is 3.38. The van der Waals surface area contributed by atoms with Gasteiger partial charge in [-0.25, -0.2) is 4.79 Å². The van der Waals surface area contributed by atoms with Crippen LogP contribution in [0.3, 0.4) is 0 Å². The van der Waals surface area contributed by atoms with E-state index in [1.807, 2.05) is 13.8 Å². The Balaban J connectivity index is 1.85. The van der Waals surface area contributed by atoms with Gasteiger partial charge in [0.15, 0.2) is 0 Å².